The van der Waals surface area contributed by atoms with Crippen LogP contribution in [0.5, 0.6) is 17.2 Å². The Morgan fingerprint density at radius 2 is 1.85 bits per heavy atom. The van der Waals surface area contributed by atoms with Gasteiger partial charge in [0, 0.05) is 13.8 Å². The van der Waals surface area contributed by atoms with Crippen LogP contribution in [-0.2, 0) is 9.59 Å². The molecule has 0 bridgehead atoms. The first-order valence-corrected chi connectivity index (χ1v) is 11.5. The van der Waals surface area contributed by atoms with E-state index in [0.29, 0.717) is 33.9 Å². The molecule has 0 radical (unpaired) electrons. The molecule has 0 aliphatic carbocycles. The zero-order valence-corrected chi connectivity index (χ0v) is 20.7. The number of hydrogen-bond donors (Lipinski definition) is 1. The van der Waals surface area contributed by atoms with Gasteiger partial charge in [0.15, 0.2) is 16.7 Å². The minimum atomic E-state index is -0.502. The van der Waals surface area contributed by atoms with Crippen LogP contribution in [0.3, 0.4) is 0 Å². The second kappa shape index (κ2) is 10.8. The lowest BCUT2D eigenvalue weighted by Crippen LogP contribution is -2.25. The predicted octanol–water partition coefficient (Wildman–Crippen LogP) is 4.42. The average Bonchev–Trinajstić information content (AvgIpc) is 3.16. The van der Waals surface area contributed by atoms with Crippen LogP contribution < -0.4 is 19.5 Å². The molecule has 0 unspecified atom stereocenters. The highest BCUT2D eigenvalue weighted by atomic mass is 35.5. The topological polar surface area (TPSA) is 89.5 Å². The highest BCUT2D eigenvalue weighted by Crippen LogP contribution is 2.44. The molecule has 1 aliphatic rings. The number of thioether (sulfide) groups is 1. The van der Waals surface area contributed by atoms with Gasteiger partial charge in [0.1, 0.15) is 24.3 Å². The minimum Gasteiger partial charge on any atom is -0.493 e. The van der Waals surface area contributed by atoms with Crippen molar-refractivity contribution in [2.24, 2.45) is 5.10 Å². The normalized spacial score (nSPS) is 15.2. The number of carbonyl (C=O) groups excluding carboxylic acids is 2. The second-order valence-electron chi connectivity index (χ2n) is 7.42. The van der Waals surface area contributed by atoms with E-state index in [1.807, 2.05) is 26.0 Å². The number of ether oxygens (including phenoxy) is 3. The molecule has 8 nitrogen and oxygen atoms in total. The Balaban J connectivity index is 1.71. The number of amides is 2. The number of methoxy groups -OCH3 is 1. The van der Waals surface area contributed by atoms with E-state index in [9.17, 15) is 9.59 Å². The minimum absolute atomic E-state index is 0.260. The number of carbonyl (C=O) groups is 2. The Labute approximate surface area is 202 Å². The van der Waals surface area contributed by atoms with Crippen molar-refractivity contribution in [3.63, 3.8) is 0 Å². The highest BCUT2D eigenvalue weighted by molar-refractivity contribution is 8.14. The largest absolute Gasteiger partial charge is 0.493 e. The Bertz CT molecular complexity index is 1090. The number of amidine groups is 1. The van der Waals surface area contributed by atoms with Crippen LogP contribution in [0.2, 0.25) is 5.02 Å². The molecule has 2 amide bonds. The van der Waals surface area contributed by atoms with Gasteiger partial charge in [-0.2, -0.15) is 0 Å². The van der Waals surface area contributed by atoms with Gasteiger partial charge in [-0.1, -0.05) is 41.1 Å². The Kier molecular flexibility index (Phi) is 8.10. The van der Waals surface area contributed by atoms with Crippen LogP contribution in [0, 0.1) is 13.8 Å². The third-order valence-electron chi connectivity index (χ3n) is 4.70. The molecule has 33 heavy (non-hydrogen) atoms. The fraction of sp³-hybridized carbons (Fsp3) is 0.348. The van der Waals surface area contributed by atoms with E-state index in [0.717, 1.165) is 11.3 Å². The van der Waals surface area contributed by atoms with E-state index in [2.05, 4.69) is 16.5 Å². The van der Waals surface area contributed by atoms with Crippen LogP contribution >= 0.6 is 23.4 Å². The van der Waals surface area contributed by atoms with E-state index >= 15 is 0 Å². The maximum Gasteiger partial charge on any atom is 0.241 e. The zero-order chi connectivity index (χ0) is 24.1. The molecular formula is C23H26ClN3O5S. The van der Waals surface area contributed by atoms with Gasteiger partial charge in [0.25, 0.3) is 0 Å². The quantitative estimate of drug-likeness (QED) is 0.576. The fourth-order valence-corrected chi connectivity index (χ4v) is 4.65. The molecule has 3 rings (SSSR count). The van der Waals surface area contributed by atoms with Gasteiger partial charge in [-0.3, -0.25) is 9.59 Å². The summed E-state index contributed by atoms with van der Waals surface area (Å²) in [5.74, 6) is 1.06. The standard InChI is InChI=1S/C23H26ClN3O5S/c1-13-6-7-19(14(2)10-13)31-8-9-32-21-18(24)11-17(12-20(21)30-5)22-27(16(4)29)26-23(33-22)25-15(3)28/h6-7,10-12,22H,8-9H2,1-5H3,(H,25,26,28)/t22-/m1/s1. The number of nitrogens with one attached hydrogen (secondary N) is 1. The fourth-order valence-electron chi connectivity index (χ4n) is 3.26. The summed E-state index contributed by atoms with van der Waals surface area (Å²) in [4.78, 5) is 23.5. The smallest absolute Gasteiger partial charge is 0.241 e. The monoisotopic (exact) mass is 491 g/mol. The van der Waals surface area contributed by atoms with Crippen LogP contribution in [0.25, 0.3) is 0 Å². The first-order chi connectivity index (χ1) is 15.7. The molecule has 1 heterocycles. The Morgan fingerprint density at radius 1 is 1.12 bits per heavy atom. The molecule has 2 aromatic rings. The summed E-state index contributed by atoms with van der Waals surface area (Å²) < 4.78 is 17.2. The maximum atomic E-state index is 12.1. The summed E-state index contributed by atoms with van der Waals surface area (Å²) in [5, 5.41) is 8.26. The van der Waals surface area contributed by atoms with Gasteiger partial charge in [-0.15, -0.1) is 5.10 Å². The number of halogens is 1. The molecule has 1 aliphatic heterocycles. The van der Waals surface area contributed by atoms with Gasteiger partial charge < -0.3 is 19.5 Å². The van der Waals surface area contributed by atoms with Crippen LogP contribution in [0.1, 0.15) is 35.9 Å². The lowest BCUT2D eigenvalue weighted by atomic mass is 10.1. The average molecular weight is 492 g/mol. The molecule has 0 aromatic heterocycles. The third-order valence-corrected chi connectivity index (χ3v) is 6.09. The lowest BCUT2D eigenvalue weighted by Gasteiger charge is -2.21. The third kappa shape index (κ3) is 6.11. The van der Waals surface area contributed by atoms with Crippen molar-refractivity contribution >= 4 is 40.3 Å². The first kappa shape index (κ1) is 24.7. The van der Waals surface area contributed by atoms with Gasteiger partial charge in [-0.05, 0) is 43.2 Å². The van der Waals surface area contributed by atoms with Gasteiger partial charge in [0.2, 0.25) is 11.8 Å². The summed E-state index contributed by atoms with van der Waals surface area (Å²) in [5.41, 5.74) is 2.91. The number of hydrogen-bond acceptors (Lipinski definition) is 7. The van der Waals surface area contributed by atoms with Crippen molar-refractivity contribution in [1.82, 2.24) is 10.3 Å². The van der Waals surface area contributed by atoms with Gasteiger partial charge in [0.05, 0.1) is 12.1 Å². The van der Waals surface area contributed by atoms with Crippen molar-refractivity contribution in [2.45, 2.75) is 33.1 Å². The van der Waals surface area contributed by atoms with E-state index in [1.54, 1.807) is 12.1 Å². The van der Waals surface area contributed by atoms with Crippen molar-refractivity contribution in [1.29, 1.82) is 0 Å². The molecule has 176 valence electrons. The molecule has 0 saturated heterocycles. The van der Waals surface area contributed by atoms with Crippen molar-refractivity contribution < 1.29 is 23.8 Å². The van der Waals surface area contributed by atoms with Crippen LogP contribution in [0.4, 0.5) is 0 Å². The molecule has 1 atom stereocenters. The first-order valence-electron chi connectivity index (χ1n) is 10.2. The van der Waals surface area contributed by atoms with Crippen LogP contribution in [-0.4, -0.2) is 42.3 Å². The molecule has 1 N–H and O–H groups in total. The predicted molar refractivity (Wildman–Crippen MR) is 129 cm³/mol. The summed E-state index contributed by atoms with van der Waals surface area (Å²) in [6.45, 7) is 7.40. The van der Waals surface area contributed by atoms with E-state index in [1.165, 1.54) is 43.3 Å². The molecular weight excluding hydrogens is 466 g/mol. The SMILES string of the molecule is COc1cc([C@H]2SC(NC(C)=O)=NN2C(C)=O)cc(Cl)c1OCCOc1ccc(C)cc1C. The van der Waals surface area contributed by atoms with Gasteiger partial charge in [-0.25, -0.2) is 5.01 Å². The molecule has 0 spiro atoms. The second-order valence-corrected chi connectivity index (χ2v) is 8.90. The Morgan fingerprint density at radius 3 is 2.48 bits per heavy atom. The summed E-state index contributed by atoms with van der Waals surface area (Å²) in [7, 11) is 1.51. The number of nitrogens with zero attached hydrogens (tertiary/aromatic N) is 2. The number of aryl methyl sites for hydroxylation is 2. The van der Waals surface area contributed by atoms with E-state index in [-0.39, 0.29) is 18.4 Å². The highest BCUT2D eigenvalue weighted by Gasteiger charge is 2.33. The molecule has 2 aromatic carbocycles. The molecule has 10 heteroatoms. The van der Waals surface area contributed by atoms with Crippen molar-refractivity contribution in [3.8, 4) is 17.2 Å². The summed E-state index contributed by atoms with van der Waals surface area (Å²) in [6.07, 6.45) is 0. The maximum absolute atomic E-state index is 12.1. The van der Waals surface area contributed by atoms with Gasteiger partial charge >= 0.3 is 0 Å². The number of rotatable bonds is 7. The lowest BCUT2D eigenvalue weighted by molar-refractivity contribution is -0.129. The van der Waals surface area contributed by atoms with Crippen molar-refractivity contribution in [3.05, 3.63) is 52.0 Å². The zero-order valence-electron chi connectivity index (χ0n) is 19.1. The van der Waals surface area contributed by atoms with E-state index in [4.69, 9.17) is 25.8 Å². The molecule has 0 saturated carbocycles. The van der Waals surface area contributed by atoms with E-state index < -0.39 is 5.37 Å². The summed E-state index contributed by atoms with van der Waals surface area (Å²) in [6, 6.07) is 9.43. The number of benzene rings is 2. The number of hydrazone groups is 1. The Hall–Kier alpha value is -2.91. The van der Waals surface area contributed by atoms with Crippen LogP contribution in [0.15, 0.2) is 35.4 Å². The summed E-state index contributed by atoms with van der Waals surface area (Å²) >= 11 is 7.74. The molecule has 0 fully saturated rings. The van der Waals surface area contributed by atoms with Crippen molar-refractivity contribution in [2.75, 3.05) is 20.3 Å².